The summed E-state index contributed by atoms with van der Waals surface area (Å²) in [5.41, 5.74) is 7.44. The van der Waals surface area contributed by atoms with E-state index in [4.69, 9.17) is 10.5 Å². The van der Waals surface area contributed by atoms with Gasteiger partial charge in [-0.05, 0) is 36.6 Å². The average molecular weight is 242 g/mol. The molecule has 1 aliphatic carbocycles. The number of ether oxygens (including phenoxy) is 1. The van der Waals surface area contributed by atoms with E-state index < -0.39 is 0 Å². The Morgan fingerprint density at radius 3 is 2.89 bits per heavy atom. The summed E-state index contributed by atoms with van der Waals surface area (Å²) in [5.74, 6) is 1.59. The largest absolute Gasteiger partial charge is 0.478 e. The fraction of sp³-hybridized carbons (Fsp3) is 0.400. The van der Waals surface area contributed by atoms with Gasteiger partial charge in [-0.2, -0.15) is 0 Å². The van der Waals surface area contributed by atoms with E-state index in [0.717, 1.165) is 35.5 Å². The van der Waals surface area contributed by atoms with E-state index in [-0.39, 0.29) is 0 Å². The molecule has 0 bridgehead atoms. The molecule has 18 heavy (non-hydrogen) atoms. The molecule has 0 saturated heterocycles. The Kier molecular flexibility index (Phi) is 3.05. The molecular formula is C15H18N2O. The molecule has 0 amide bonds. The maximum Gasteiger partial charge on any atom is 0.213 e. The second-order valence-corrected chi connectivity index (χ2v) is 5.04. The van der Waals surface area contributed by atoms with Crippen molar-refractivity contribution in [3.63, 3.8) is 0 Å². The third-order valence-electron chi connectivity index (χ3n) is 3.69. The average Bonchev–Trinajstić information content (AvgIpc) is 2.32. The monoisotopic (exact) mass is 242 g/mol. The first-order valence-electron chi connectivity index (χ1n) is 6.60. The summed E-state index contributed by atoms with van der Waals surface area (Å²) in [5, 5.41) is 1.06. The van der Waals surface area contributed by atoms with Gasteiger partial charge in [0.25, 0.3) is 0 Å². The minimum Gasteiger partial charge on any atom is -0.478 e. The molecule has 0 radical (unpaired) electrons. The summed E-state index contributed by atoms with van der Waals surface area (Å²) in [6, 6.07) is 9.66. The molecule has 3 nitrogen and oxygen atoms in total. The van der Waals surface area contributed by atoms with E-state index in [1.165, 1.54) is 19.3 Å². The number of benzene rings is 1. The molecule has 0 spiro atoms. The zero-order chi connectivity index (χ0) is 12.4. The number of hydrogen-bond donors (Lipinski definition) is 1. The maximum atomic E-state index is 5.74. The van der Waals surface area contributed by atoms with Crippen LogP contribution in [0.2, 0.25) is 0 Å². The molecule has 1 aliphatic rings. The smallest absolute Gasteiger partial charge is 0.213 e. The van der Waals surface area contributed by atoms with E-state index in [9.17, 15) is 0 Å². The Morgan fingerprint density at radius 2 is 2.11 bits per heavy atom. The molecule has 1 heterocycles. The van der Waals surface area contributed by atoms with Crippen molar-refractivity contribution in [2.45, 2.75) is 25.7 Å². The van der Waals surface area contributed by atoms with E-state index in [1.54, 1.807) is 0 Å². The van der Waals surface area contributed by atoms with Crippen LogP contribution >= 0.6 is 0 Å². The lowest BCUT2D eigenvalue weighted by Crippen LogP contribution is -2.14. The molecule has 1 fully saturated rings. The highest BCUT2D eigenvalue weighted by Gasteiger charge is 2.16. The number of nitrogens with zero attached hydrogens (tertiary/aromatic N) is 1. The van der Waals surface area contributed by atoms with Gasteiger partial charge in [0.2, 0.25) is 5.88 Å². The van der Waals surface area contributed by atoms with Gasteiger partial charge in [-0.15, -0.1) is 0 Å². The summed E-state index contributed by atoms with van der Waals surface area (Å²) < 4.78 is 5.71. The summed E-state index contributed by atoms with van der Waals surface area (Å²) in [7, 11) is 0. The topological polar surface area (TPSA) is 48.1 Å². The van der Waals surface area contributed by atoms with Crippen LogP contribution in [0.25, 0.3) is 10.9 Å². The summed E-state index contributed by atoms with van der Waals surface area (Å²) >= 11 is 0. The van der Waals surface area contributed by atoms with Crippen LogP contribution in [0.5, 0.6) is 5.88 Å². The molecule has 94 valence electrons. The first-order chi connectivity index (χ1) is 8.81. The van der Waals surface area contributed by atoms with E-state index in [0.29, 0.717) is 5.88 Å². The first-order valence-corrected chi connectivity index (χ1v) is 6.60. The number of aromatic nitrogens is 1. The summed E-state index contributed by atoms with van der Waals surface area (Å²) in [6.07, 6.45) is 5.28. The minimum absolute atomic E-state index is 0.714. The van der Waals surface area contributed by atoms with Gasteiger partial charge in [0.05, 0.1) is 12.1 Å². The predicted molar refractivity (Wildman–Crippen MR) is 73.6 cm³/mol. The van der Waals surface area contributed by atoms with Crippen molar-refractivity contribution in [3.05, 3.63) is 30.3 Å². The van der Waals surface area contributed by atoms with Crippen LogP contribution in [0.1, 0.15) is 25.7 Å². The number of pyridine rings is 1. The van der Waals surface area contributed by atoms with Gasteiger partial charge in [0.1, 0.15) is 0 Å². The lowest BCUT2D eigenvalue weighted by Gasteiger charge is -2.24. The van der Waals surface area contributed by atoms with Gasteiger partial charge in [-0.3, -0.25) is 0 Å². The first kappa shape index (κ1) is 11.3. The SMILES string of the molecule is Nc1ccc2nc(OCCC3CCC3)ccc2c1. The maximum absolute atomic E-state index is 5.74. The standard InChI is InChI=1S/C15H18N2O/c16-13-5-6-14-12(10-13)4-7-15(17-14)18-9-8-11-2-1-3-11/h4-7,10-11H,1-3,8-9,16H2. The zero-order valence-electron chi connectivity index (χ0n) is 10.4. The molecule has 0 aliphatic heterocycles. The zero-order valence-corrected chi connectivity index (χ0v) is 10.4. The number of nitrogen functional groups attached to an aromatic ring is 1. The molecule has 3 rings (SSSR count). The van der Waals surface area contributed by atoms with Crippen LogP contribution in [0.4, 0.5) is 5.69 Å². The second-order valence-electron chi connectivity index (χ2n) is 5.04. The Hall–Kier alpha value is -1.77. The summed E-state index contributed by atoms with van der Waals surface area (Å²) in [4.78, 5) is 4.48. The Morgan fingerprint density at radius 1 is 1.22 bits per heavy atom. The highest BCUT2D eigenvalue weighted by atomic mass is 16.5. The summed E-state index contributed by atoms with van der Waals surface area (Å²) in [6.45, 7) is 0.776. The van der Waals surface area contributed by atoms with Crippen molar-refractivity contribution in [2.75, 3.05) is 12.3 Å². The normalized spacial score (nSPS) is 15.6. The number of hydrogen-bond acceptors (Lipinski definition) is 3. The molecule has 2 N–H and O–H groups in total. The Labute approximate surface area is 107 Å². The van der Waals surface area contributed by atoms with Crippen molar-refractivity contribution < 1.29 is 4.74 Å². The Bertz CT molecular complexity index is 549. The van der Waals surface area contributed by atoms with Crippen LogP contribution in [-0.4, -0.2) is 11.6 Å². The highest BCUT2D eigenvalue weighted by molar-refractivity contribution is 5.82. The molecule has 0 atom stereocenters. The van der Waals surface area contributed by atoms with Gasteiger partial charge in [-0.1, -0.05) is 19.3 Å². The van der Waals surface area contributed by atoms with E-state index in [2.05, 4.69) is 4.98 Å². The van der Waals surface area contributed by atoms with Crippen molar-refractivity contribution in [3.8, 4) is 5.88 Å². The molecule has 1 saturated carbocycles. The minimum atomic E-state index is 0.714. The lowest BCUT2D eigenvalue weighted by atomic mass is 9.83. The lowest BCUT2D eigenvalue weighted by molar-refractivity contribution is 0.218. The van der Waals surface area contributed by atoms with Crippen molar-refractivity contribution >= 4 is 16.6 Å². The Balaban J connectivity index is 1.66. The molecule has 3 heteroatoms. The molecule has 1 aromatic carbocycles. The van der Waals surface area contributed by atoms with E-state index in [1.807, 2.05) is 30.3 Å². The number of rotatable bonds is 4. The predicted octanol–water partition coefficient (Wildman–Crippen LogP) is 3.39. The number of nitrogens with two attached hydrogens (primary N) is 1. The number of fused-ring (bicyclic) bond motifs is 1. The van der Waals surface area contributed by atoms with Gasteiger partial charge >= 0.3 is 0 Å². The fourth-order valence-electron chi connectivity index (χ4n) is 2.32. The van der Waals surface area contributed by atoms with Gasteiger partial charge in [0.15, 0.2) is 0 Å². The van der Waals surface area contributed by atoms with Crippen LogP contribution in [0.3, 0.4) is 0 Å². The van der Waals surface area contributed by atoms with Crippen molar-refractivity contribution in [1.82, 2.24) is 4.98 Å². The van der Waals surface area contributed by atoms with Gasteiger partial charge in [-0.25, -0.2) is 4.98 Å². The fourth-order valence-corrected chi connectivity index (χ4v) is 2.32. The molecule has 1 aromatic heterocycles. The van der Waals surface area contributed by atoms with Crippen LogP contribution < -0.4 is 10.5 Å². The molecule has 0 unspecified atom stereocenters. The van der Waals surface area contributed by atoms with Crippen molar-refractivity contribution in [2.24, 2.45) is 5.92 Å². The second kappa shape index (κ2) is 4.84. The van der Waals surface area contributed by atoms with Crippen LogP contribution in [0.15, 0.2) is 30.3 Å². The third-order valence-corrected chi connectivity index (χ3v) is 3.69. The van der Waals surface area contributed by atoms with Crippen LogP contribution in [0, 0.1) is 5.92 Å². The quantitative estimate of drug-likeness (QED) is 0.836. The van der Waals surface area contributed by atoms with Crippen LogP contribution in [-0.2, 0) is 0 Å². The number of anilines is 1. The highest BCUT2D eigenvalue weighted by Crippen LogP contribution is 2.29. The third kappa shape index (κ3) is 2.40. The van der Waals surface area contributed by atoms with E-state index >= 15 is 0 Å². The van der Waals surface area contributed by atoms with Gasteiger partial charge in [0, 0.05) is 17.1 Å². The molecular weight excluding hydrogens is 224 g/mol. The van der Waals surface area contributed by atoms with Crippen molar-refractivity contribution in [1.29, 1.82) is 0 Å². The molecule has 2 aromatic rings. The van der Waals surface area contributed by atoms with Gasteiger partial charge < -0.3 is 10.5 Å².